The summed E-state index contributed by atoms with van der Waals surface area (Å²) in [6.45, 7) is 9.57. The molecule has 1 rings (SSSR count). The maximum absolute atomic E-state index is 11.7. The van der Waals surface area contributed by atoms with Crippen molar-refractivity contribution >= 4 is 5.91 Å². The van der Waals surface area contributed by atoms with Gasteiger partial charge in [0.05, 0.1) is 18.6 Å². The molecule has 0 aliphatic carbocycles. The first-order valence-corrected chi connectivity index (χ1v) is 6.20. The van der Waals surface area contributed by atoms with Crippen molar-refractivity contribution in [3.05, 3.63) is 18.2 Å². The predicted octanol–water partition coefficient (Wildman–Crippen LogP) is 0.861. The Kier molecular flexibility index (Phi) is 5.69. The smallest absolute Gasteiger partial charge is 0.236 e. The zero-order valence-corrected chi connectivity index (χ0v) is 10.9. The van der Waals surface area contributed by atoms with Crippen molar-refractivity contribution in [1.82, 2.24) is 19.8 Å². The quantitative estimate of drug-likeness (QED) is 0.766. The lowest BCUT2D eigenvalue weighted by Gasteiger charge is -2.18. The van der Waals surface area contributed by atoms with E-state index in [9.17, 15) is 4.79 Å². The Labute approximate surface area is 103 Å². The lowest BCUT2D eigenvalue weighted by Crippen LogP contribution is -2.37. The van der Waals surface area contributed by atoms with Crippen LogP contribution in [0.15, 0.2) is 12.5 Å². The first kappa shape index (κ1) is 13.7. The molecule has 0 radical (unpaired) electrons. The van der Waals surface area contributed by atoms with Crippen molar-refractivity contribution < 1.29 is 4.79 Å². The molecule has 1 heterocycles. The van der Waals surface area contributed by atoms with Crippen LogP contribution < -0.4 is 5.32 Å². The fourth-order valence-corrected chi connectivity index (χ4v) is 1.77. The van der Waals surface area contributed by atoms with Crippen LogP contribution in [-0.4, -0.2) is 40.0 Å². The highest BCUT2D eigenvalue weighted by Gasteiger charge is 2.08. The summed E-state index contributed by atoms with van der Waals surface area (Å²) in [4.78, 5) is 17.6. The summed E-state index contributed by atoms with van der Waals surface area (Å²) in [7, 11) is 0. The lowest BCUT2D eigenvalue weighted by atomic mass is 10.4. The molecule has 0 atom stereocenters. The summed E-state index contributed by atoms with van der Waals surface area (Å²) >= 11 is 0. The number of aryl methyl sites for hydroxylation is 1. The minimum atomic E-state index is 0.151. The van der Waals surface area contributed by atoms with Crippen molar-refractivity contribution in [2.75, 3.05) is 19.6 Å². The van der Waals surface area contributed by atoms with Crippen LogP contribution in [-0.2, 0) is 17.9 Å². The van der Waals surface area contributed by atoms with Gasteiger partial charge in [-0.15, -0.1) is 0 Å². The number of hydrogen-bond donors (Lipinski definition) is 1. The number of nitrogens with zero attached hydrogens (tertiary/aromatic N) is 3. The highest BCUT2D eigenvalue weighted by atomic mass is 16.2. The molecule has 96 valence electrons. The first-order chi connectivity index (χ1) is 8.22. The van der Waals surface area contributed by atoms with E-state index in [-0.39, 0.29) is 5.91 Å². The molecule has 0 saturated carbocycles. The van der Waals surface area contributed by atoms with Gasteiger partial charge < -0.3 is 14.8 Å². The summed E-state index contributed by atoms with van der Waals surface area (Å²) in [6, 6.07) is 0. The third-order valence-corrected chi connectivity index (χ3v) is 2.84. The number of carbonyl (C=O) groups excluding carboxylic acids is 1. The van der Waals surface area contributed by atoms with Crippen LogP contribution >= 0.6 is 0 Å². The molecule has 0 aromatic carbocycles. The van der Waals surface area contributed by atoms with Crippen LogP contribution in [0.3, 0.4) is 0 Å². The van der Waals surface area contributed by atoms with E-state index in [1.165, 1.54) is 0 Å². The second-order valence-electron chi connectivity index (χ2n) is 3.84. The van der Waals surface area contributed by atoms with E-state index in [4.69, 9.17) is 0 Å². The standard InChI is InChI=1S/C12H22N4O/c1-4-15(5-2)12(17)9-13-7-11-8-14-10-16(11)6-3/h8,10,13H,4-7,9H2,1-3H3. The molecule has 1 aromatic rings. The van der Waals surface area contributed by atoms with E-state index in [1.807, 2.05) is 31.3 Å². The van der Waals surface area contributed by atoms with Crippen molar-refractivity contribution in [2.24, 2.45) is 0 Å². The second-order valence-corrected chi connectivity index (χ2v) is 3.84. The first-order valence-electron chi connectivity index (χ1n) is 6.20. The van der Waals surface area contributed by atoms with Crippen LogP contribution in [0.4, 0.5) is 0 Å². The Balaban J connectivity index is 2.35. The lowest BCUT2D eigenvalue weighted by molar-refractivity contribution is -0.129. The average molecular weight is 238 g/mol. The third-order valence-electron chi connectivity index (χ3n) is 2.84. The number of imidazole rings is 1. The SMILES string of the molecule is CCN(CC)C(=O)CNCc1cncn1CC. The number of likely N-dealkylation sites (N-methyl/N-ethyl adjacent to an activating group) is 1. The second kappa shape index (κ2) is 7.06. The van der Waals surface area contributed by atoms with E-state index < -0.39 is 0 Å². The van der Waals surface area contributed by atoms with Crippen LogP contribution in [0.5, 0.6) is 0 Å². The number of carbonyl (C=O) groups is 1. The third kappa shape index (κ3) is 3.85. The van der Waals surface area contributed by atoms with E-state index in [0.29, 0.717) is 13.1 Å². The molecule has 17 heavy (non-hydrogen) atoms. The largest absolute Gasteiger partial charge is 0.342 e. The van der Waals surface area contributed by atoms with Gasteiger partial charge in [0.1, 0.15) is 0 Å². The maximum Gasteiger partial charge on any atom is 0.236 e. The summed E-state index contributed by atoms with van der Waals surface area (Å²) in [5.74, 6) is 0.151. The van der Waals surface area contributed by atoms with Crippen molar-refractivity contribution in [1.29, 1.82) is 0 Å². The van der Waals surface area contributed by atoms with E-state index in [0.717, 1.165) is 25.3 Å². The summed E-state index contributed by atoms with van der Waals surface area (Å²) in [6.07, 6.45) is 3.64. The molecule has 1 aromatic heterocycles. The molecule has 0 bridgehead atoms. The molecular weight excluding hydrogens is 216 g/mol. The van der Waals surface area contributed by atoms with Gasteiger partial charge in [-0.2, -0.15) is 0 Å². The van der Waals surface area contributed by atoms with Crippen molar-refractivity contribution in [3.8, 4) is 0 Å². The van der Waals surface area contributed by atoms with Gasteiger partial charge in [-0.25, -0.2) is 4.98 Å². The molecule has 0 fully saturated rings. The van der Waals surface area contributed by atoms with Gasteiger partial charge in [0.25, 0.3) is 0 Å². The van der Waals surface area contributed by atoms with Crippen LogP contribution in [0.1, 0.15) is 26.5 Å². The minimum Gasteiger partial charge on any atom is -0.342 e. The molecular formula is C12H22N4O. The monoisotopic (exact) mass is 238 g/mol. The molecule has 1 amide bonds. The number of rotatable bonds is 7. The highest BCUT2D eigenvalue weighted by Crippen LogP contribution is 1.98. The molecule has 0 saturated heterocycles. The summed E-state index contributed by atoms with van der Waals surface area (Å²) in [5, 5.41) is 3.16. The number of amides is 1. The van der Waals surface area contributed by atoms with Gasteiger partial charge in [0.15, 0.2) is 0 Å². The summed E-state index contributed by atoms with van der Waals surface area (Å²) in [5.41, 5.74) is 1.11. The highest BCUT2D eigenvalue weighted by molar-refractivity contribution is 5.78. The van der Waals surface area contributed by atoms with E-state index in [2.05, 4.69) is 21.8 Å². The predicted molar refractivity (Wildman–Crippen MR) is 67.5 cm³/mol. The number of aromatic nitrogens is 2. The zero-order valence-electron chi connectivity index (χ0n) is 10.9. The van der Waals surface area contributed by atoms with Gasteiger partial charge >= 0.3 is 0 Å². The van der Waals surface area contributed by atoms with Gasteiger partial charge in [-0.05, 0) is 20.8 Å². The van der Waals surface area contributed by atoms with E-state index in [1.54, 1.807) is 0 Å². The number of hydrogen-bond acceptors (Lipinski definition) is 3. The topological polar surface area (TPSA) is 50.2 Å². The summed E-state index contributed by atoms with van der Waals surface area (Å²) < 4.78 is 2.06. The van der Waals surface area contributed by atoms with Crippen LogP contribution in [0.2, 0.25) is 0 Å². The molecule has 5 nitrogen and oxygen atoms in total. The molecule has 1 N–H and O–H groups in total. The van der Waals surface area contributed by atoms with E-state index >= 15 is 0 Å². The van der Waals surface area contributed by atoms with Crippen LogP contribution in [0.25, 0.3) is 0 Å². The molecule has 0 aliphatic heterocycles. The van der Waals surface area contributed by atoms with Gasteiger partial charge in [-0.3, -0.25) is 4.79 Å². The van der Waals surface area contributed by atoms with Crippen molar-refractivity contribution in [3.63, 3.8) is 0 Å². The maximum atomic E-state index is 11.7. The Hall–Kier alpha value is -1.36. The Morgan fingerprint density at radius 2 is 2.12 bits per heavy atom. The molecule has 0 aliphatic rings. The fourth-order valence-electron chi connectivity index (χ4n) is 1.77. The Morgan fingerprint density at radius 1 is 1.41 bits per heavy atom. The fraction of sp³-hybridized carbons (Fsp3) is 0.667. The zero-order chi connectivity index (χ0) is 12.7. The van der Waals surface area contributed by atoms with Gasteiger partial charge in [0, 0.05) is 32.4 Å². The normalized spacial score (nSPS) is 10.5. The Bertz CT molecular complexity index is 344. The van der Waals surface area contributed by atoms with Crippen LogP contribution in [0, 0.1) is 0 Å². The van der Waals surface area contributed by atoms with Gasteiger partial charge in [0.2, 0.25) is 5.91 Å². The minimum absolute atomic E-state index is 0.151. The molecule has 0 spiro atoms. The van der Waals surface area contributed by atoms with Gasteiger partial charge in [-0.1, -0.05) is 0 Å². The molecule has 0 unspecified atom stereocenters. The Morgan fingerprint density at radius 3 is 2.71 bits per heavy atom. The molecule has 5 heteroatoms. The van der Waals surface area contributed by atoms with Crippen molar-refractivity contribution in [2.45, 2.75) is 33.9 Å². The number of nitrogens with one attached hydrogen (secondary N) is 1. The average Bonchev–Trinajstić information content (AvgIpc) is 2.78.